The molecule has 1 heterocycles. The van der Waals surface area contributed by atoms with Gasteiger partial charge >= 0.3 is 0 Å². The molecule has 0 aliphatic carbocycles. The Morgan fingerprint density at radius 2 is 1.92 bits per heavy atom. The monoisotopic (exact) mass is 158 g/mol. The van der Waals surface area contributed by atoms with E-state index in [1.54, 1.807) is 6.26 Å². The van der Waals surface area contributed by atoms with Gasteiger partial charge in [-0.1, -0.05) is 30.3 Å². The lowest BCUT2D eigenvalue weighted by Crippen LogP contribution is -2.24. The van der Waals surface area contributed by atoms with Gasteiger partial charge < -0.3 is 4.74 Å². The molecule has 0 bridgehead atoms. The second-order valence-corrected chi connectivity index (χ2v) is 2.66. The number of fused-ring (bicyclic) bond motifs is 1. The molecule has 0 radical (unpaired) electrons. The Morgan fingerprint density at radius 1 is 1.08 bits per heavy atom. The van der Waals surface area contributed by atoms with Gasteiger partial charge in [-0.05, 0) is 22.6 Å². The maximum absolute atomic E-state index is 5.16. The van der Waals surface area contributed by atoms with Crippen molar-refractivity contribution in [2.45, 2.75) is 0 Å². The van der Waals surface area contributed by atoms with Gasteiger partial charge in [0, 0.05) is 0 Å². The average Bonchev–Trinajstić information content (AvgIpc) is 2.06. The molecule has 1 aromatic carbocycles. The van der Waals surface area contributed by atoms with Gasteiger partial charge in [-0.3, -0.25) is 0 Å². The van der Waals surface area contributed by atoms with E-state index in [1.165, 1.54) is 10.4 Å². The van der Waals surface area contributed by atoms with Crippen molar-refractivity contribution < 1.29 is 4.74 Å². The molecule has 1 aliphatic rings. The highest BCUT2D eigenvalue weighted by atomic mass is 16.5. The quantitative estimate of drug-likeness (QED) is 0.542. The van der Waals surface area contributed by atoms with Gasteiger partial charge in [-0.15, -0.1) is 0 Å². The molecule has 0 amide bonds. The van der Waals surface area contributed by atoms with Crippen molar-refractivity contribution in [1.82, 2.24) is 0 Å². The Balaban J connectivity index is 2.71. The molecule has 12 heavy (non-hydrogen) atoms. The number of hydrogen-bond donors (Lipinski definition) is 0. The van der Waals surface area contributed by atoms with E-state index < -0.39 is 0 Å². The summed E-state index contributed by atoms with van der Waals surface area (Å²) in [6, 6.07) is 8.27. The molecule has 0 unspecified atom stereocenters. The molecule has 60 valence electrons. The predicted molar refractivity (Wildman–Crippen MR) is 49.7 cm³/mol. The smallest absolute Gasteiger partial charge is 0.106 e. The molecule has 0 fully saturated rings. The zero-order valence-corrected chi connectivity index (χ0v) is 6.73. The van der Waals surface area contributed by atoms with Crippen molar-refractivity contribution in [2.75, 3.05) is 6.61 Å². The first-order valence-electron chi connectivity index (χ1n) is 4.00. The van der Waals surface area contributed by atoms with Crippen LogP contribution in [0.1, 0.15) is 0 Å². The van der Waals surface area contributed by atoms with Crippen molar-refractivity contribution in [1.29, 1.82) is 0 Å². The van der Waals surface area contributed by atoms with Gasteiger partial charge in [0.1, 0.15) is 6.61 Å². The fourth-order valence-electron chi connectivity index (χ4n) is 1.24. The molecule has 0 aromatic heterocycles. The van der Waals surface area contributed by atoms with Crippen LogP contribution < -0.4 is 10.4 Å². The SMILES string of the molecule is C1=C\OC/C=c2/cccc/c2=C/1. The van der Waals surface area contributed by atoms with Crippen molar-refractivity contribution >= 4 is 12.2 Å². The highest BCUT2D eigenvalue weighted by Gasteiger charge is 1.85. The molecule has 2 rings (SSSR count). The summed E-state index contributed by atoms with van der Waals surface area (Å²) < 4.78 is 5.16. The molecule has 1 nitrogen and oxygen atoms in total. The summed E-state index contributed by atoms with van der Waals surface area (Å²) in [6.07, 6.45) is 7.76. The minimum Gasteiger partial charge on any atom is -0.497 e. The second-order valence-electron chi connectivity index (χ2n) is 2.66. The van der Waals surface area contributed by atoms with Crippen molar-refractivity contribution in [2.24, 2.45) is 0 Å². The number of rotatable bonds is 0. The fourth-order valence-corrected chi connectivity index (χ4v) is 1.24. The maximum atomic E-state index is 5.16. The van der Waals surface area contributed by atoms with E-state index in [4.69, 9.17) is 4.74 Å². The third kappa shape index (κ3) is 1.40. The Morgan fingerprint density at radius 3 is 2.83 bits per heavy atom. The van der Waals surface area contributed by atoms with Crippen LogP contribution in [-0.4, -0.2) is 6.61 Å². The van der Waals surface area contributed by atoms with Crippen LogP contribution in [-0.2, 0) is 4.74 Å². The lowest BCUT2D eigenvalue weighted by Gasteiger charge is -1.96. The lowest BCUT2D eigenvalue weighted by molar-refractivity contribution is 0.300. The van der Waals surface area contributed by atoms with E-state index in [1.807, 2.05) is 24.3 Å². The van der Waals surface area contributed by atoms with E-state index in [2.05, 4.69) is 18.2 Å². The van der Waals surface area contributed by atoms with Crippen LogP contribution in [0.3, 0.4) is 0 Å². The van der Waals surface area contributed by atoms with Crippen LogP contribution in [0.15, 0.2) is 36.6 Å². The second kappa shape index (κ2) is 3.26. The molecule has 0 spiro atoms. The highest BCUT2D eigenvalue weighted by Crippen LogP contribution is 1.83. The summed E-state index contributed by atoms with van der Waals surface area (Å²) in [5.74, 6) is 0. The minimum absolute atomic E-state index is 0.654. The van der Waals surface area contributed by atoms with Gasteiger partial charge in [0.25, 0.3) is 0 Å². The topological polar surface area (TPSA) is 9.23 Å². The first-order valence-corrected chi connectivity index (χ1v) is 4.00. The normalized spacial score (nSPS) is 22.7. The summed E-state index contributed by atoms with van der Waals surface area (Å²) >= 11 is 0. The van der Waals surface area contributed by atoms with Crippen LogP contribution >= 0.6 is 0 Å². The molecular formula is C11H10O. The molecule has 0 saturated heterocycles. The van der Waals surface area contributed by atoms with Crippen LogP contribution in [0.25, 0.3) is 12.2 Å². The molecule has 1 aromatic rings. The van der Waals surface area contributed by atoms with E-state index in [0.717, 1.165) is 0 Å². The molecule has 1 aliphatic heterocycles. The van der Waals surface area contributed by atoms with Gasteiger partial charge in [-0.2, -0.15) is 0 Å². The number of ether oxygens (including phenoxy) is 1. The Labute approximate surface area is 71.3 Å². The summed E-state index contributed by atoms with van der Waals surface area (Å²) in [4.78, 5) is 0. The van der Waals surface area contributed by atoms with Gasteiger partial charge in [0.15, 0.2) is 0 Å². The first-order chi connectivity index (χ1) is 5.97. The standard InChI is InChI=1S/C11H10O/c1-2-5-11-7-9-12-8-3-6-10(11)4-1/h1-8H,9H2/b8-3-,10-6-,11-7-. The Kier molecular flexibility index (Phi) is 1.95. The molecule has 1 heteroatoms. The van der Waals surface area contributed by atoms with Crippen molar-refractivity contribution in [3.8, 4) is 0 Å². The van der Waals surface area contributed by atoms with Crippen LogP contribution in [0.4, 0.5) is 0 Å². The summed E-state index contributed by atoms with van der Waals surface area (Å²) in [7, 11) is 0. The summed E-state index contributed by atoms with van der Waals surface area (Å²) in [6.45, 7) is 0.654. The average molecular weight is 158 g/mol. The van der Waals surface area contributed by atoms with Gasteiger partial charge in [0.2, 0.25) is 0 Å². The van der Waals surface area contributed by atoms with Crippen LogP contribution in [0, 0.1) is 0 Å². The van der Waals surface area contributed by atoms with E-state index in [9.17, 15) is 0 Å². The Hall–Kier alpha value is -1.50. The first kappa shape index (κ1) is 7.17. The largest absolute Gasteiger partial charge is 0.497 e. The Bertz CT molecular complexity index is 401. The highest BCUT2D eigenvalue weighted by molar-refractivity contribution is 5.40. The minimum atomic E-state index is 0.654. The van der Waals surface area contributed by atoms with E-state index >= 15 is 0 Å². The summed E-state index contributed by atoms with van der Waals surface area (Å²) in [5.41, 5.74) is 0. The number of hydrogen-bond acceptors (Lipinski definition) is 1. The lowest BCUT2D eigenvalue weighted by atomic mass is 10.2. The fraction of sp³-hybridized carbons (Fsp3) is 0.0909. The van der Waals surface area contributed by atoms with Crippen LogP contribution in [0.2, 0.25) is 0 Å². The molecular weight excluding hydrogens is 148 g/mol. The van der Waals surface area contributed by atoms with Crippen molar-refractivity contribution in [3.05, 3.63) is 47.0 Å². The number of allylic oxidation sites excluding steroid dienone is 1. The predicted octanol–water partition coefficient (Wildman–Crippen LogP) is 0.791. The molecule has 0 atom stereocenters. The van der Waals surface area contributed by atoms with E-state index in [-0.39, 0.29) is 0 Å². The maximum Gasteiger partial charge on any atom is 0.106 e. The molecule has 0 saturated carbocycles. The van der Waals surface area contributed by atoms with E-state index in [0.29, 0.717) is 6.61 Å². The zero-order valence-electron chi connectivity index (χ0n) is 6.73. The third-order valence-electron chi connectivity index (χ3n) is 1.85. The van der Waals surface area contributed by atoms with Crippen molar-refractivity contribution in [3.63, 3.8) is 0 Å². The number of benzene rings is 1. The third-order valence-corrected chi connectivity index (χ3v) is 1.85. The summed E-state index contributed by atoms with van der Waals surface area (Å²) in [5, 5.41) is 2.49. The van der Waals surface area contributed by atoms with Gasteiger partial charge in [0.05, 0.1) is 6.26 Å². The van der Waals surface area contributed by atoms with Crippen LogP contribution in [0.5, 0.6) is 0 Å². The van der Waals surface area contributed by atoms with Gasteiger partial charge in [-0.25, -0.2) is 0 Å². The zero-order chi connectivity index (χ0) is 8.23. The molecule has 0 N–H and O–H groups in total.